The molecule has 4 N–H and O–H groups in total. The fourth-order valence-corrected chi connectivity index (χ4v) is 9.47. The Kier molecular flexibility index (Phi) is 56.3. The first-order valence-electron chi connectivity index (χ1n) is 31.5. The van der Waals surface area contributed by atoms with E-state index >= 15 is 0 Å². The maximum atomic E-state index is 12.8. The van der Waals surface area contributed by atoms with Gasteiger partial charge in [-0.1, -0.05) is 208 Å². The van der Waals surface area contributed by atoms with Gasteiger partial charge in [-0.2, -0.15) is 0 Å². The van der Waals surface area contributed by atoms with Gasteiger partial charge in [0.15, 0.2) is 6.10 Å². The van der Waals surface area contributed by atoms with Gasteiger partial charge in [0.1, 0.15) is 25.4 Å². The molecule has 5 unspecified atom stereocenters. The Labute approximate surface area is 501 Å². The fraction of sp³-hybridized carbons (Fsp3) is 0.708. The van der Waals surface area contributed by atoms with Crippen LogP contribution in [-0.2, 0) is 55.8 Å². The lowest BCUT2D eigenvalue weighted by molar-refractivity contribution is -0.161. The molecule has 0 aromatic heterocycles. The number of aliphatic hydroxyl groups is 2. The van der Waals surface area contributed by atoms with Crippen molar-refractivity contribution in [1.82, 2.24) is 0 Å². The second-order valence-corrected chi connectivity index (χ2v) is 23.7. The van der Waals surface area contributed by atoms with Crippen molar-refractivity contribution in [2.24, 2.45) is 0 Å². The van der Waals surface area contributed by atoms with Crippen molar-refractivity contribution in [2.45, 2.75) is 257 Å². The summed E-state index contributed by atoms with van der Waals surface area (Å²) < 4.78 is 60.5. The van der Waals surface area contributed by atoms with Gasteiger partial charge in [0.2, 0.25) is 0 Å². The fourth-order valence-electron chi connectivity index (χ4n) is 7.89. The van der Waals surface area contributed by atoms with Crippen molar-refractivity contribution in [2.75, 3.05) is 39.6 Å². The molecular weight excluding hydrogens is 1100 g/mol. The van der Waals surface area contributed by atoms with Gasteiger partial charge >= 0.3 is 33.6 Å². The minimum Gasteiger partial charge on any atom is -0.463 e. The lowest BCUT2D eigenvalue weighted by Gasteiger charge is -2.21. The minimum absolute atomic E-state index is 0.0923. The molecule has 18 heteroatoms. The monoisotopic (exact) mass is 1210 g/mol. The van der Waals surface area contributed by atoms with Crippen LogP contribution in [0.3, 0.4) is 0 Å². The minimum atomic E-state index is -4.92. The average molecular weight is 1210 g/mol. The number of unbranched alkanes of at least 4 members (excludes halogenated alkanes) is 20. The summed E-state index contributed by atoms with van der Waals surface area (Å²) in [6, 6.07) is 0. The number of hydrogen-bond acceptors (Lipinski definition) is 14. The molecule has 0 saturated carbocycles. The van der Waals surface area contributed by atoms with Gasteiger partial charge in [-0.3, -0.25) is 32.5 Å². The van der Waals surface area contributed by atoms with Crippen LogP contribution in [-0.4, -0.2) is 95.9 Å². The molecule has 16 nitrogen and oxygen atoms in total. The van der Waals surface area contributed by atoms with Crippen LogP contribution >= 0.6 is 15.6 Å². The first-order chi connectivity index (χ1) is 40.2. The standard InChI is InChI=1S/C65H112O16P2/c1-4-7-10-13-16-19-22-23-24-25-26-27-28-29-30-31-32-33-34-35-38-40-42-45-48-51-63(68)75-54-60(66)55-77-82(71,72)78-56-61(67)57-79-83(73,74)80-59-62(81-65(70)53-50-47-44-41-37-21-18-15-12-9-6-3)58-76-64(69)52-49-46-43-39-36-20-17-14-11-8-5-2/h7,10,14-19,23-24,26-27,29-30,32-33,60-62,66-67H,4-6,8-9,11-13,20-22,25,28,31,34-59H2,1-3H3,(H,71,72)(H,73,74)/b10-7-,17-14-,18-15-,19-16-,24-23-,27-26-,30-29-,33-32-. The summed E-state index contributed by atoms with van der Waals surface area (Å²) in [7, 11) is -9.76. The summed E-state index contributed by atoms with van der Waals surface area (Å²) in [6.45, 7) is 2.40. The van der Waals surface area contributed by atoms with E-state index in [1.807, 2.05) is 0 Å². The first-order valence-corrected chi connectivity index (χ1v) is 34.5. The highest BCUT2D eigenvalue weighted by atomic mass is 31.2. The molecular formula is C65H112O16P2. The molecule has 0 aromatic rings. The molecule has 83 heavy (non-hydrogen) atoms. The number of rotatable bonds is 59. The van der Waals surface area contributed by atoms with Gasteiger partial charge < -0.3 is 34.2 Å². The van der Waals surface area contributed by atoms with Crippen molar-refractivity contribution < 1.29 is 75.8 Å². The SMILES string of the molecule is CC/C=C\C/C=C\C/C=C\C/C=C\C/C=C\C/C=C\CCCCCCCCC(=O)OCC(O)COP(=O)(O)OCC(O)COP(=O)(O)OCC(COC(=O)CCCCCCC/C=C\CCCC)OC(=O)CCCCCCC/C=C\CCCC. The molecule has 5 atom stereocenters. The van der Waals surface area contributed by atoms with E-state index in [9.17, 15) is 43.5 Å². The van der Waals surface area contributed by atoms with Crippen LogP contribution in [0.5, 0.6) is 0 Å². The number of esters is 3. The number of phosphoric ester groups is 2. The summed E-state index contributed by atoms with van der Waals surface area (Å²) in [5.74, 6) is -1.61. The third kappa shape index (κ3) is 60.0. The topological polar surface area (TPSA) is 231 Å². The van der Waals surface area contributed by atoms with Crippen LogP contribution < -0.4 is 0 Å². The van der Waals surface area contributed by atoms with E-state index in [1.54, 1.807) is 0 Å². The van der Waals surface area contributed by atoms with Crippen LogP contribution in [0, 0.1) is 0 Å². The number of carbonyl (C=O) groups is 3. The summed E-state index contributed by atoms with van der Waals surface area (Å²) in [5.41, 5.74) is 0. The van der Waals surface area contributed by atoms with E-state index in [2.05, 4.69) is 118 Å². The molecule has 0 amide bonds. The largest absolute Gasteiger partial charge is 0.472 e. The van der Waals surface area contributed by atoms with Gasteiger partial charge in [-0.05, 0) is 109 Å². The van der Waals surface area contributed by atoms with Crippen LogP contribution in [0.25, 0.3) is 0 Å². The van der Waals surface area contributed by atoms with Crippen LogP contribution in [0.2, 0.25) is 0 Å². The number of hydrogen-bond donors (Lipinski definition) is 4. The Morgan fingerprint density at radius 3 is 1.02 bits per heavy atom. The maximum Gasteiger partial charge on any atom is 0.472 e. The van der Waals surface area contributed by atoms with Gasteiger partial charge in [0.05, 0.1) is 26.4 Å². The predicted octanol–water partition coefficient (Wildman–Crippen LogP) is 16.7. The van der Waals surface area contributed by atoms with Gasteiger partial charge in [0, 0.05) is 19.3 Å². The zero-order chi connectivity index (χ0) is 61.0. The van der Waals surface area contributed by atoms with Crippen molar-refractivity contribution >= 4 is 33.6 Å². The molecule has 0 rings (SSSR count). The summed E-state index contributed by atoms with van der Waals surface area (Å²) in [4.78, 5) is 58.0. The highest BCUT2D eigenvalue weighted by Gasteiger charge is 2.29. The van der Waals surface area contributed by atoms with Crippen LogP contribution in [0.1, 0.15) is 239 Å². The van der Waals surface area contributed by atoms with Crippen molar-refractivity contribution in [3.8, 4) is 0 Å². The normalized spacial score (nSPS) is 15.0. The Bertz CT molecular complexity index is 1910. The third-order valence-corrected chi connectivity index (χ3v) is 14.7. The van der Waals surface area contributed by atoms with E-state index in [4.69, 9.17) is 32.3 Å². The number of phosphoric acid groups is 2. The molecule has 0 aliphatic heterocycles. The van der Waals surface area contributed by atoms with E-state index in [-0.39, 0.29) is 19.3 Å². The van der Waals surface area contributed by atoms with Crippen molar-refractivity contribution in [1.29, 1.82) is 0 Å². The van der Waals surface area contributed by atoms with Crippen molar-refractivity contribution in [3.63, 3.8) is 0 Å². The van der Waals surface area contributed by atoms with E-state index in [1.165, 1.54) is 25.7 Å². The highest BCUT2D eigenvalue weighted by Crippen LogP contribution is 2.45. The van der Waals surface area contributed by atoms with Crippen LogP contribution in [0.15, 0.2) is 97.2 Å². The Hall–Kier alpha value is -3.53. The Morgan fingerprint density at radius 1 is 0.349 bits per heavy atom. The number of aliphatic hydroxyl groups excluding tert-OH is 2. The van der Waals surface area contributed by atoms with Gasteiger partial charge in [-0.15, -0.1) is 0 Å². The third-order valence-electron chi connectivity index (χ3n) is 12.8. The molecule has 0 aliphatic carbocycles. The van der Waals surface area contributed by atoms with Crippen molar-refractivity contribution in [3.05, 3.63) is 97.2 Å². The van der Waals surface area contributed by atoms with E-state index < -0.39 is 91.5 Å². The number of allylic oxidation sites excluding steroid dienone is 16. The first kappa shape index (κ1) is 79.5. The highest BCUT2D eigenvalue weighted by molar-refractivity contribution is 7.47. The van der Waals surface area contributed by atoms with E-state index in [0.717, 1.165) is 154 Å². The quantitative estimate of drug-likeness (QED) is 0.0146. The molecule has 0 saturated heterocycles. The van der Waals surface area contributed by atoms with Gasteiger partial charge in [0.25, 0.3) is 0 Å². The zero-order valence-corrected chi connectivity index (χ0v) is 53.1. The molecule has 478 valence electrons. The smallest absolute Gasteiger partial charge is 0.463 e. The summed E-state index contributed by atoms with van der Waals surface area (Å²) in [5, 5.41) is 20.5. The van der Waals surface area contributed by atoms with E-state index in [0.29, 0.717) is 19.3 Å². The van der Waals surface area contributed by atoms with Gasteiger partial charge in [-0.25, -0.2) is 9.13 Å². The predicted molar refractivity (Wildman–Crippen MR) is 334 cm³/mol. The summed E-state index contributed by atoms with van der Waals surface area (Å²) >= 11 is 0. The lowest BCUT2D eigenvalue weighted by atomic mass is 10.1. The molecule has 0 bridgehead atoms. The molecule has 0 radical (unpaired) electrons. The lowest BCUT2D eigenvalue weighted by Crippen LogP contribution is -2.30. The summed E-state index contributed by atoms with van der Waals surface area (Å²) in [6.07, 6.45) is 62.1. The molecule has 0 heterocycles. The maximum absolute atomic E-state index is 12.8. The molecule has 0 fully saturated rings. The zero-order valence-electron chi connectivity index (χ0n) is 51.3. The molecule has 0 spiro atoms. The van der Waals surface area contributed by atoms with Crippen LogP contribution in [0.4, 0.5) is 0 Å². The number of carbonyl (C=O) groups excluding carboxylic acids is 3. The second-order valence-electron chi connectivity index (χ2n) is 20.8. The average Bonchev–Trinajstić information content (AvgIpc) is 3.46. The number of ether oxygens (including phenoxy) is 3. The Balaban J connectivity index is 4.49. The Morgan fingerprint density at radius 2 is 0.639 bits per heavy atom. The molecule has 0 aliphatic rings. The molecule has 0 aromatic carbocycles. The second kappa shape index (κ2) is 58.8.